The number of nitrogens with two attached hydrogens (primary N) is 2. The molecular weight excluding hydrogens is 758 g/mol. The normalized spacial score (nSPS) is 13.4. The topological polar surface area (TPSA) is 331 Å². The molecule has 5 atom stereocenters. The van der Waals surface area contributed by atoms with Crippen LogP contribution in [-0.2, 0) is 47.9 Å². The van der Waals surface area contributed by atoms with E-state index < -0.39 is 109 Å². The second-order valence-corrected chi connectivity index (χ2v) is 14.7. The van der Waals surface area contributed by atoms with Crippen LogP contribution in [0.5, 0.6) is 0 Å². The highest BCUT2D eigenvalue weighted by Crippen LogP contribution is 2.10. The average molecular weight is 826 g/mol. The molecule has 0 saturated heterocycles. The van der Waals surface area contributed by atoms with E-state index in [1.165, 1.54) is 0 Å². The molecule has 0 aliphatic heterocycles. The molecule has 0 aliphatic rings. The Morgan fingerprint density at radius 3 is 1.57 bits per heavy atom. The third-order valence-corrected chi connectivity index (χ3v) is 8.71. The molecule has 0 aliphatic carbocycles. The number of unbranched alkanes of at least 4 members (excludes halogenated alkanes) is 2. The summed E-state index contributed by atoms with van der Waals surface area (Å²) < 4.78 is 0. The Hall–Kier alpha value is -5.34. The van der Waals surface area contributed by atoms with Crippen LogP contribution in [-0.4, -0.2) is 123 Å². The number of primary amides is 1. The molecule has 4 unspecified atom stereocenters. The van der Waals surface area contributed by atoms with Crippen LogP contribution < -0.4 is 59.3 Å². The van der Waals surface area contributed by atoms with Gasteiger partial charge in [-0.25, -0.2) is 0 Å². The summed E-state index contributed by atoms with van der Waals surface area (Å²) in [5.74, 6) is -7.32. The summed E-state index contributed by atoms with van der Waals surface area (Å²) in [4.78, 5) is 125. The number of amides is 10. The molecule has 0 spiro atoms. The van der Waals surface area contributed by atoms with E-state index in [0.29, 0.717) is 19.3 Å². The number of nitrogens with one attached hydrogen (secondary N) is 9. The molecule has 10 amide bonds. The lowest BCUT2D eigenvalue weighted by Crippen LogP contribution is -2.59. The molecule has 0 heterocycles. The first-order chi connectivity index (χ1) is 27.2. The zero-order valence-electron chi connectivity index (χ0n) is 35.0. The number of carbonyl (C=O) groups excluding carboxylic acids is 10. The first-order valence-electron chi connectivity index (χ1n) is 19.8. The lowest BCUT2D eigenvalue weighted by atomic mass is 9.98. The van der Waals surface area contributed by atoms with E-state index in [9.17, 15) is 47.9 Å². The van der Waals surface area contributed by atoms with Crippen molar-refractivity contribution in [3.63, 3.8) is 0 Å². The van der Waals surface area contributed by atoms with E-state index in [1.54, 1.807) is 20.8 Å². The van der Waals surface area contributed by atoms with E-state index >= 15 is 0 Å². The van der Waals surface area contributed by atoms with Crippen LogP contribution in [0.4, 0.5) is 0 Å². The summed E-state index contributed by atoms with van der Waals surface area (Å²) in [5, 5.41) is 22.2. The molecule has 13 N–H and O–H groups in total. The predicted octanol–water partition coefficient (Wildman–Crippen LogP) is -3.33. The molecule has 0 bridgehead atoms. The van der Waals surface area contributed by atoms with Crippen molar-refractivity contribution in [2.45, 2.75) is 118 Å². The van der Waals surface area contributed by atoms with Gasteiger partial charge in [0.1, 0.15) is 24.2 Å². The number of hydrogen-bond donors (Lipinski definition) is 11. The van der Waals surface area contributed by atoms with Gasteiger partial charge in [0.05, 0.1) is 32.7 Å². The Kier molecular flexibility index (Phi) is 26.3. The molecule has 0 rings (SSSR count). The van der Waals surface area contributed by atoms with Crippen molar-refractivity contribution in [3.8, 4) is 0 Å². The number of rotatable bonds is 29. The SMILES string of the molecule is CCCCCC(=O)NCC(=O)NC(C(=O)NCC(=O)NCC(=O)NCC(=O)NC(CCN)C(=O)NC(C(=O)NC(CC(C)C)C(=O)NCC(N)=O)C(C)C)[C@@H](C)CC. The summed E-state index contributed by atoms with van der Waals surface area (Å²) in [7, 11) is 0. The van der Waals surface area contributed by atoms with Crippen LogP contribution in [0.1, 0.15) is 93.4 Å². The fourth-order valence-corrected chi connectivity index (χ4v) is 5.22. The zero-order valence-corrected chi connectivity index (χ0v) is 35.0. The highest BCUT2D eigenvalue weighted by molar-refractivity contribution is 5.96. The Bertz CT molecular complexity index is 1410. The van der Waals surface area contributed by atoms with E-state index in [4.69, 9.17) is 11.5 Å². The van der Waals surface area contributed by atoms with E-state index in [2.05, 4.69) is 47.9 Å². The second kappa shape index (κ2) is 29.0. The van der Waals surface area contributed by atoms with E-state index in [0.717, 1.165) is 12.8 Å². The number of carbonyl (C=O) groups is 10. The molecule has 21 heteroatoms. The predicted molar refractivity (Wildman–Crippen MR) is 214 cm³/mol. The molecule has 0 radical (unpaired) electrons. The van der Waals surface area contributed by atoms with Crippen LogP contribution in [0.25, 0.3) is 0 Å². The van der Waals surface area contributed by atoms with Gasteiger partial charge in [0.25, 0.3) is 0 Å². The third kappa shape index (κ3) is 23.0. The maximum absolute atomic E-state index is 13.3. The van der Waals surface area contributed by atoms with Crippen LogP contribution in [0.2, 0.25) is 0 Å². The quantitative estimate of drug-likeness (QED) is 0.0332. The van der Waals surface area contributed by atoms with Crippen LogP contribution in [0.3, 0.4) is 0 Å². The van der Waals surface area contributed by atoms with Gasteiger partial charge in [-0.1, -0.05) is 67.7 Å². The first-order valence-corrected chi connectivity index (χ1v) is 19.8. The minimum atomic E-state index is -1.20. The lowest BCUT2D eigenvalue weighted by molar-refractivity contribution is -0.135. The maximum Gasteiger partial charge on any atom is 0.243 e. The first kappa shape index (κ1) is 52.7. The maximum atomic E-state index is 13.3. The number of hydrogen-bond acceptors (Lipinski definition) is 11. The van der Waals surface area contributed by atoms with Gasteiger partial charge in [-0.05, 0) is 43.6 Å². The van der Waals surface area contributed by atoms with Gasteiger partial charge in [0.15, 0.2) is 0 Å². The summed E-state index contributed by atoms with van der Waals surface area (Å²) >= 11 is 0. The zero-order chi connectivity index (χ0) is 44.4. The lowest BCUT2D eigenvalue weighted by Gasteiger charge is -2.27. The molecular formula is C37H67N11O10. The van der Waals surface area contributed by atoms with E-state index in [1.807, 2.05) is 27.7 Å². The fourth-order valence-electron chi connectivity index (χ4n) is 5.22. The molecule has 0 aromatic carbocycles. The van der Waals surface area contributed by atoms with Crippen molar-refractivity contribution in [2.75, 3.05) is 39.3 Å². The third-order valence-electron chi connectivity index (χ3n) is 8.71. The van der Waals surface area contributed by atoms with Crippen molar-refractivity contribution >= 4 is 59.1 Å². The van der Waals surface area contributed by atoms with Crippen molar-refractivity contribution in [1.29, 1.82) is 0 Å². The molecule has 0 fully saturated rings. The Labute approximate surface area is 340 Å². The highest BCUT2D eigenvalue weighted by Gasteiger charge is 2.32. The molecule has 330 valence electrons. The Morgan fingerprint density at radius 1 is 0.517 bits per heavy atom. The monoisotopic (exact) mass is 826 g/mol. The van der Waals surface area contributed by atoms with Crippen LogP contribution in [0, 0.1) is 17.8 Å². The molecule has 0 aromatic rings. The van der Waals surface area contributed by atoms with Gasteiger partial charge in [-0.2, -0.15) is 0 Å². The van der Waals surface area contributed by atoms with Crippen molar-refractivity contribution in [3.05, 3.63) is 0 Å². The van der Waals surface area contributed by atoms with Gasteiger partial charge in [0.2, 0.25) is 59.1 Å². The van der Waals surface area contributed by atoms with Gasteiger partial charge < -0.3 is 59.3 Å². The Morgan fingerprint density at radius 2 is 1.05 bits per heavy atom. The highest BCUT2D eigenvalue weighted by atomic mass is 16.2. The van der Waals surface area contributed by atoms with Gasteiger partial charge in [-0.15, -0.1) is 0 Å². The second-order valence-electron chi connectivity index (χ2n) is 14.7. The molecule has 21 nitrogen and oxygen atoms in total. The minimum absolute atomic E-state index is 0.0201. The summed E-state index contributed by atoms with van der Waals surface area (Å²) in [6.07, 6.45) is 3.57. The average Bonchev–Trinajstić information content (AvgIpc) is 3.16. The fraction of sp³-hybridized carbons (Fsp3) is 0.730. The van der Waals surface area contributed by atoms with Crippen molar-refractivity contribution in [1.82, 2.24) is 47.9 Å². The van der Waals surface area contributed by atoms with Crippen molar-refractivity contribution < 1.29 is 47.9 Å². The van der Waals surface area contributed by atoms with Crippen molar-refractivity contribution in [2.24, 2.45) is 29.2 Å². The van der Waals surface area contributed by atoms with Gasteiger partial charge in [0, 0.05) is 6.42 Å². The molecule has 58 heavy (non-hydrogen) atoms. The van der Waals surface area contributed by atoms with Crippen LogP contribution >= 0.6 is 0 Å². The Balaban J connectivity index is 5.08. The minimum Gasteiger partial charge on any atom is -0.368 e. The van der Waals surface area contributed by atoms with Gasteiger partial charge >= 0.3 is 0 Å². The molecule has 0 aromatic heterocycles. The van der Waals surface area contributed by atoms with Crippen LogP contribution in [0.15, 0.2) is 0 Å². The van der Waals surface area contributed by atoms with E-state index in [-0.39, 0.29) is 43.7 Å². The smallest absolute Gasteiger partial charge is 0.243 e. The standard InChI is InChI=1S/C37H67N11O10/c1-8-10-11-12-27(50)40-20-31(54)47-33(23(7)9-2)36(57)44-18-29(52)41-17-28(51)42-19-30(53)45-24(13-14-38)35(56)48-32(22(5)6)37(58)46-25(15-21(3)4)34(55)43-16-26(39)49/h21-25,32-33H,8-20,38H2,1-7H3,(H2,39,49)(H,40,50)(H,41,52)(H,42,51)(H,43,55)(H,44,57)(H,45,53)(H,46,58)(H,47,54)(H,48,56)/t23-,24?,25?,32?,33?/m0/s1. The summed E-state index contributed by atoms with van der Waals surface area (Å²) in [6.45, 7) is 10.2. The summed E-state index contributed by atoms with van der Waals surface area (Å²) in [6, 6.07) is -4.34. The van der Waals surface area contributed by atoms with Gasteiger partial charge in [-0.3, -0.25) is 47.9 Å². The largest absolute Gasteiger partial charge is 0.368 e. The summed E-state index contributed by atoms with van der Waals surface area (Å²) in [5.41, 5.74) is 10.8. The molecule has 0 saturated carbocycles.